The lowest BCUT2D eigenvalue weighted by Gasteiger charge is -2.10. The third kappa shape index (κ3) is 7.25. The van der Waals surface area contributed by atoms with Gasteiger partial charge in [0.1, 0.15) is 0 Å². The van der Waals surface area contributed by atoms with Gasteiger partial charge < -0.3 is 0 Å². The molecule has 1 aliphatic heterocycles. The lowest BCUT2D eigenvalue weighted by molar-refractivity contribution is -0.123. The van der Waals surface area contributed by atoms with E-state index in [0.717, 1.165) is 10.6 Å². The largest absolute Gasteiger partial charge is 0.394 e. The summed E-state index contributed by atoms with van der Waals surface area (Å²) in [5.74, 6) is -0.275. The van der Waals surface area contributed by atoms with Crippen LogP contribution in [0, 0.1) is 0 Å². The quantitative estimate of drug-likeness (QED) is 0.574. The van der Waals surface area contributed by atoms with Gasteiger partial charge in [0.2, 0.25) is 15.9 Å². The van der Waals surface area contributed by atoms with E-state index in [1.54, 1.807) is 0 Å². The normalized spacial score (nSPS) is 17.3. The van der Waals surface area contributed by atoms with Crippen LogP contribution < -0.4 is 0 Å². The van der Waals surface area contributed by atoms with Crippen molar-refractivity contribution in [1.82, 2.24) is 4.31 Å². The van der Waals surface area contributed by atoms with Gasteiger partial charge in [-0.15, -0.1) is 0 Å². The van der Waals surface area contributed by atoms with Gasteiger partial charge in [-0.3, -0.25) is 13.9 Å². The number of rotatable bonds is 1. The van der Waals surface area contributed by atoms with E-state index in [9.17, 15) is 13.2 Å². The van der Waals surface area contributed by atoms with E-state index < -0.39 is 20.4 Å². The lowest BCUT2D eigenvalue weighted by atomic mass is 10.4. The van der Waals surface area contributed by atoms with Gasteiger partial charge in [0.05, 0.1) is 6.26 Å². The van der Waals surface area contributed by atoms with Crippen molar-refractivity contribution in [3.05, 3.63) is 0 Å². The first-order valence-corrected chi connectivity index (χ1v) is 6.97. The monoisotopic (exact) mass is 261 g/mol. The summed E-state index contributed by atoms with van der Waals surface area (Å²) in [4.78, 5) is 10.8. The number of carbonyl (C=O) groups is 1. The van der Waals surface area contributed by atoms with E-state index >= 15 is 0 Å². The molecule has 8 nitrogen and oxygen atoms in total. The molecule has 0 aromatic rings. The van der Waals surface area contributed by atoms with Gasteiger partial charge in [-0.1, -0.05) is 0 Å². The van der Waals surface area contributed by atoms with Crippen molar-refractivity contribution in [1.29, 1.82) is 0 Å². The zero-order valence-electron chi connectivity index (χ0n) is 7.82. The third-order valence-corrected chi connectivity index (χ3v) is 2.62. The highest BCUT2D eigenvalue weighted by Crippen LogP contribution is 2.12. The second-order valence-corrected chi connectivity index (χ2v) is 5.58. The molecule has 0 saturated carbocycles. The van der Waals surface area contributed by atoms with Crippen LogP contribution in [0.3, 0.4) is 0 Å². The summed E-state index contributed by atoms with van der Waals surface area (Å²) in [6.07, 6.45) is 2.08. The van der Waals surface area contributed by atoms with E-state index in [1.165, 1.54) is 0 Å². The molecule has 0 aromatic carbocycles. The minimum absolute atomic E-state index is 0.275. The van der Waals surface area contributed by atoms with Crippen LogP contribution in [0.25, 0.3) is 0 Å². The molecule has 1 aliphatic rings. The first-order chi connectivity index (χ1) is 6.52. The van der Waals surface area contributed by atoms with E-state index in [-0.39, 0.29) is 5.91 Å². The fourth-order valence-electron chi connectivity index (χ4n) is 0.974. The first-order valence-electron chi connectivity index (χ1n) is 3.72. The second kappa shape index (κ2) is 4.88. The standard InChI is InChI=1S/C5H9NO3S.H2O4S/c1-10(8,9)6-4-2-3-5(6)7;1-5(2,3)4/h2-4H2,1H3;(H2,1,2,3,4). The van der Waals surface area contributed by atoms with Crippen molar-refractivity contribution >= 4 is 26.3 Å². The highest BCUT2D eigenvalue weighted by Gasteiger charge is 2.27. The van der Waals surface area contributed by atoms with Gasteiger partial charge >= 0.3 is 10.4 Å². The molecule has 0 bridgehead atoms. The number of hydrogen-bond donors (Lipinski definition) is 2. The summed E-state index contributed by atoms with van der Waals surface area (Å²) in [7, 11) is -7.93. The maximum atomic E-state index is 10.8. The van der Waals surface area contributed by atoms with Crippen LogP contribution in [0.1, 0.15) is 12.8 Å². The molecular weight excluding hydrogens is 250 g/mol. The topological polar surface area (TPSA) is 129 Å². The van der Waals surface area contributed by atoms with Crippen molar-refractivity contribution in [2.45, 2.75) is 12.8 Å². The summed E-state index contributed by atoms with van der Waals surface area (Å²) < 4.78 is 54.0. The van der Waals surface area contributed by atoms with Gasteiger partial charge in [0.25, 0.3) is 0 Å². The third-order valence-electron chi connectivity index (χ3n) is 1.43. The molecule has 0 unspecified atom stereocenters. The van der Waals surface area contributed by atoms with E-state index in [4.69, 9.17) is 17.5 Å². The summed E-state index contributed by atoms with van der Waals surface area (Å²) in [6, 6.07) is 0. The summed E-state index contributed by atoms with van der Waals surface area (Å²) in [6.45, 7) is 0.359. The molecule has 0 aromatic heterocycles. The molecule has 1 heterocycles. The summed E-state index contributed by atoms with van der Waals surface area (Å²) in [5, 5.41) is 0. The molecule has 90 valence electrons. The fraction of sp³-hybridized carbons (Fsp3) is 0.800. The molecule has 10 heteroatoms. The number of sulfonamides is 1. The van der Waals surface area contributed by atoms with Gasteiger partial charge in [0, 0.05) is 13.0 Å². The minimum Gasteiger partial charge on any atom is -0.274 e. The molecule has 0 spiro atoms. The zero-order chi connectivity index (χ0) is 12.3. The maximum Gasteiger partial charge on any atom is 0.394 e. The van der Waals surface area contributed by atoms with Crippen LogP contribution in [-0.4, -0.2) is 49.0 Å². The average Bonchev–Trinajstić information content (AvgIpc) is 2.28. The van der Waals surface area contributed by atoms with Crippen molar-refractivity contribution < 1.29 is 30.7 Å². The predicted octanol–water partition coefficient (Wildman–Crippen LogP) is -1.08. The number of carbonyl (C=O) groups excluding carboxylic acids is 1. The Morgan fingerprint density at radius 3 is 1.73 bits per heavy atom. The molecule has 0 atom stereocenters. The SMILES string of the molecule is CS(=O)(=O)N1CCCC1=O.O=S(=O)(O)O. The van der Waals surface area contributed by atoms with Crippen LogP contribution in [0.15, 0.2) is 0 Å². The Morgan fingerprint density at radius 2 is 1.60 bits per heavy atom. The van der Waals surface area contributed by atoms with E-state index in [1.807, 2.05) is 0 Å². The molecule has 15 heavy (non-hydrogen) atoms. The van der Waals surface area contributed by atoms with E-state index in [2.05, 4.69) is 0 Å². The van der Waals surface area contributed by atoms with Crippen LogP contribution in [0.4, 0.5) is 0 Å². The average molecular weight is 261 g/mol. The Balaban J connectivity index is 0.000000336. The number of hydrogen-bond acceptors (Lipinski definition) is 5. The zero-order valence-corrected chi connectivity index (χ0v) is 9.45. The molecule has 1 rings (SSSR count). The molecule has 1 saturated heterocycles. The van der Waals surface area contributed by atoms with Crippen molar-refractivity contribution in [2.24, 2.45) is 0 Å². The van der Waals surface area contributed by atoms with Crippen LogP contribution in [0.5, 0.6) is 0 Å². The molecule has 0 aliphatic carbocycles. The Labute approximate surface area is 87.5 Å². The number of nitrogens with zero attached hydrogens (tertiary/aromatic N) is 1. The second-order valence-electron chi connectivity index (χ2n) is 2.78. The van der Waals surface area contributed by atoms with Crippen LogP contribution >= 0.6 is 0 Å². The highest BCUT2D eigenvalue weighted by molar-refractivity contribution is 7.88. The van der Waals surface area contributed by atoms with Crippen LogP contribution in [0.2, 0.25) is 0 Å². The Morgan fingerprint density at radius 1 is 1.20 bits per heavy atom. The van der Waals surface area contributed by atoms with Crippen molar-refractivity contribution in [2.75, 3.05) is 12.8 Å². The number of amides is 1. The summed E-state index contributed by atoms with van der Waals surface area (Å²) in [5.41, 5.74) is 0. The molecule has 1 fully saturated rings. The van der Waals surface area contributed by atoms with Gasteiger partial charge in [-0.25, -0.2) is 12.7 Å². The smallest absolute Gasteiger partial charge is 0.274 e. The molecular formula is C5H11NO7S2. The molecule has 0 radical (unpaired) electrons. The van der Waals surface area contributed by atoms with E-state index in [0.29, 0.717) is 19.4 Å². The predicted molar refractivity (Wildman–Crippen MR) is 50.0 cm³/mol. The lowest BCUT2D eigenvalue weighted by Crippen LogP contribution is -2.30. The van der Waals surface area contributed by atoms with Crippen molar-refractivity contribution in [3.8, 4) is 0 Å². The first kappa shape index (κ1) is 14.3. The van der Waals surface area contributed by atoms with Crippen LogP contribution in [-0.2, 0) is 25.2 Å². The van der Waals surface area contributed by atoms with Gasteiger partial charge in [-0.05, 0) is 6.42 Å². The highest BCUT2D eigenvalue weighted by atomic mass is 32.3. The fourth-order valence-corrected chi connectivity index (χ4v) is 1.90. The Kier molecular flexibility index (Phi) is 4.65. The summed E-state index contributed by atoms with van der Waals surface area (Å²) >= 11 is 0. The van der Waals surface area contributed by atoms with Crippen molar-refractivity contribution in [3.63, 3.8) is 0 Å². The van der Waals surface area contributed by atoms with Gasteiger partial charge in [-0.2, -0.15) is 8.42 Å². The maximum absolute atomic E-state index is 10.8. The Bertz CT molecular complexity index is 414. The molecule has 2 N–H and O–H groups in total. The Hall–Kier alpha value is -0.710. The molecule has 1 amide bonds. The minimum atomic E-state index is -4.67. The van der Waals surface area contributed by atoms with Gasteiger partial charge in [0.15, 0.2) is 0 Å².